The molecule has 246 valence electrons. The molecule has 3 nitrogen and oxygen atoms in total. The quantitative estimate of drug-likeness (QED) is 0.320. The molecule has 9 aliphatic rings. The van der Waals surface area contributed by atoms with Gasteiger partial charge in [-0.15, -0.1) is 0 Å². The molecule has 15 atom stereocenters. The van der Waals surface area contributed by atoms with Gasteiger partial charge in [0.2, 0.25) is 0 Å². The Morgan fingerprint density at radius 1 is 0.422 bits per heavy atom. The van der Waals surface area contributed by atoms with E-state index in [4.69, 9.17) is 0 Å². The molecular weight excluding hydrogens is 546 g/mol. The number of nitrogens with zero attached hydrogens (tertiary/aromatic N) is 3. The molecule has 9 fully saturated rings. The molecule has 0 N–H and O–H groups in total. The van der Waals surface area contributed by atoms with Crippen LogP contribution in [0.25, 0.3) is 0 Å². The second kappa shape index (κ2) is 11.8. The van der Waals surface area contributed by atoms with E-state index >= 15 is 0 Å². The molecule has 3 heteroatoms. The number of nitriles is 2. The van der Waals surface area contributed by atoms with Gasteiger partial charge in [-0.2, -0.15) is 10.5 Å². The Bertz CT molecular complexity index is 1090. The summed E-state index contributed by atoms with van der Waals surface area (Å²) in [5, 5.41) is 22.4. The van der Waals surface area contributed by atoms with Crippen LogP contribution in [0, 0.1) is 117 Å². The number of fused-ring (bicyclic) bond motifs is 6. The normalized spacial score (nSPS) is 56.7. The first-order chi connectivity index (χ1) is 22.1. The molecule has 15 unspecified atom stereocenters. The van der Waals surface area contributed by atoms with E-state index in [1.165, 1.54) is 122 Å². The Hall–Kier alpha value is -1.06. The van der Waals surface area contributed by atoms with Crippen LogP contribution < -0.4 is 0 Å². The van der Waals surface area contributed by atoms with Crippen LogP contribution >= 0.6 is 0 Å². The van der Waals surface area contributed by atoms with Crippen molar-refractivity contribution < 1.29 is 0 Å². The Labute approximate surface area is 275 Å². The van der Waals surface area contributed by atoms with Crippen LogP contribution in [0.5, 0.6) is 0 Å². The monoisotopic (exact) mass is 610 g/mol. The van der Waals surface area contributed by atoms with Gasteiger partial charge in [0.05, 0.1) is 24.0 Å². The zero-order valence-corrected chi connectivity index (χ0v) is 28.7. The summed E-state index contributed by atoms with van der Waals surface area (Å²) in [6.45, 7) is 4.99. The van der Waals surface area contributed by atoms with E-state index in [9.17, 15) is 10.5 Å². The maximum atomic E-state index is 11.2. The van der Waals surface area contributed by atoms with Crippen LogP contribution in [0.3, 0.4) is 0 Å². The third-order valence-electron chi connectivity index (χ3n) is 17.6. The molecule has 0 aromatic carbocycles. The number of hydrogen-bond donors (Lipinski definition) is 0. The zero-order valence-electron chi connectivity index (χ0n) is 28.7. The third-order valence-corrected chi connectivity index (χ3v) is 17.6. The summed E-state index contributed by atoms with van der Waals surface area (Å²) in [7, 11) is 0. The topological polar surface area (TPSA) is 50.8 Å². The summed E-state index contributed by atoms with van der Waals surface area (Å²) in [6.07, 6.45) is 26.8. The largest absolute Gasteiger partial charge is 0.294 e. The highest BCUT2D eigenvalue weighted by molar-refractivity contribution is 5.23. The first-order valence-electron chi connectivity index (χ1n) is 20.7. The van der Waals surface area contributed by atoms with Gasteiger partial charge < -0.3 is 0 Å². The summed E-state index contributed by atoms with van der Waals surface area (Å²) in [6, 6.07) is 8.68. The predicted octanol–water partition coefficient (Wildman–Crippen LogP) is 9.87. The predicted molar refractivity (Wildman–Crippen MR) is 179 cm³/mol. The van der Waals surface area contributed by atoms with Crippen LogP contribution in [0.4, 0.5) is 0 Å². The summed E-state index contributed by atoms with van der Waals surface area (Å²) in [4.78, 5) is 3.25. The van der Waals surface area contributed by atoms with Gasteiger partial charge in [-0.25, -0.2) is 0 Å². The van der Waals surface area contributed by atoms with Crippen molar-refractivity contribution >= 4 is 0 Å². The molecule has 0 saturated heterocycles. The highest BCUT2D eigenvalue weighted by atomic mass is 15.2. The van der Waals surface area contributed by atoms with Gasteiger partial charge in [0.15, 0.2) is 0 Å². The van der Waals surface area contributed by atoms with E-state index in [1.54, 1.807) is 0 Å². The van der Waals surface area contributed by atoms with Crippen molar-refractivity contribution in [2.45, 2.75) is 154 Å². The number of rotatable bonds is 3. The summed E-state index contributed by atoms with van der Waals surface area (Å²) < 4.78 is 0. The van der Waals surface area contributed by atoms with E-state index < -0.39 is 0 Å². The molecule has 0 spiro atoms. The molecule has 0 heterocycles. The number of hydrogen-bond acceptors (Lipinski definition) is 3. The molecule has 9 aliphatic carbocycles. The highest BCUT2D eigenvalue weighted by Crippen LogP contribution is 2.73. The van der Waals surface area contributed by atoms with Crippen molar-refractivity contribution in [1.82, 2.24) is 4.90 Å². The molecule has 45 heavy (non-hydrogen) atoms. The minimum atomic E-state index is 0.238. The standard InChI is InChI=1S/C42H63N3/c1-24-12-16-27(17-13-24)45(28-18-14-25(2)15-19-28)36-21-20-33-38-29(36)8-5-11-32(38)41-34(22-43)39-30-9-3-6-26-7-4-10-31(37(26)30)40(39)35(23-44)42(33)41/h24-42H,3-21H2,1-2H3. The van der Waals surface area contributed by atoms with Crippen molar-refractivity contribution in [1.29, 1.82) is 10.5 Å². The molecule has 0 aliphatic heterocycles. The lowest BCUT2D eigenvalue weighted by Crippen LogP contribution is -2.58. The lowest BCUT2D eigenvalue weighted by molar-refractivity contribution is -0.0612. The summed E-state index contributed by atoms with van der Waals surface area (Å²) >= 11 is 0. The van der Waals surface area contributed by atoms with Crippen LogP contribution in [0.2, 0.25) is 0 Å². The average Bonchev–Trinajstić information content (AvgIpc) is 3.59. The van der Waals surface area contributed by atoms with Gasteiger partial charge in [0.25, 0.3) is 0 Å². The van der Waals surface area contributed by atoms with Gasteiger partial charge >= 0.3 is 0 Å². The Morgan fingerprint density at radius 2 is 0.844 bits per heavy atom. The van der Waals surface area contributed by atoms with E-state index in [0.29, 0.717) is 23.7 Å². The first-order valence-corrected chi connectivity index (χ1v) is 20.7. The van der Waals surface area contributed by atoms with E-state index in [2.05, 4.69) is 30.9 Å². The van der Waals surface area contributed by atoms with Crippen LogP contribution in [0.1, 0.15) is 136 Å². The van der Waals surface area contributed by atoms with Crippen molar-refractivity contribution in [3.8, 4) is 12.1 Å². The maximum Gasteiger partial charge on any atom is 0.0662 e. The minimum absolute atomic E-state index is 0.238. The summed E-state index contributed by atoms with van der Waals surface area (Å²) in [5.74, 6) is 10.8. The van der Waals surface area contributed by atoms with Crippen molar-refractivity contribution in [3.05, 3.63) is 0 Å². The molecule has 0 aromatic heterocycles. The zero-order chi connectivity index (χ0) is 30.4. The molecule has 0 radical (unpaired) electrons. The Morgan fingerprint density at radius 3 is 1.33 bits per heavy atom. The van der Waals surface area contributed by atoms with Crippen LogP contribution in [0.15, 0.2) is 0 Å². The molecule has 0 bridgehead atoms. The van der Waals surface area contributed by atoms with E-state index in [1.807, 2.05) is 0 Å². The fourth-order valence-corrected chi connectivity index (χ4v) is 16.4. The molecule has 0 aromatic rings. The fourth-order valence-electron chi connectivity index (χ4n) is 16.4. The second-order valence-corrected chi connectivity index (χ2v) is 19.1. The molecule has 9 saturated carbocycles. The molecule has 0 amide bonds. The average molecular weight is 610 g/mol. The molecule has 9 rings (SSSR count). The third kappa shape index (κ3) is 4.54. The van der Waals surface area contributed by atoms with Gasteiger partial charge in [-0.1, -0.05) is 46.0 Å². The maximum absolute atomic E-state index is 11.2. The summed E-state index contributed by atoms with van der Waals surface area (Å²) in [5.41, 5.74) is 0. The highest BCUT2D eigenvalue weighted by Gasteiger charge is 2.70. The van der Waals surface area contributed by atoms with Gasteiger partial charge in [0, 0.05) is 18.1 Å². The fraction of sp³-hybridized carbons (Fsp3) is 0.952. The van der Waals surface area contributed by atoms with Gasteiger partial charge in [0.1, 0.15) is 0 Å². The van der Waals surface area contributed by atoms with Crippen LogP contribution in [-0.2, 0) is 0 Å². The van der Waals surface area contributed by atoms with Crippen molar-refractivity contribution in [2.24, 2.45) is 94.7 Å². The van der Waals surface area contributed by atoms with E-state index in [-0.39, 0.29) is 11.8 Å². The smallest absolute Gasteiger partial charge is 0.0662 e. The molecular formula is C42H63N3. The second-order valence-electron chi connectivity index (χ2n) is 19.1. The van der Waals surface area contributed by atoms with Crippen LogP contribution in [-0.4, -0.2) is 23.0 Å². The van der Waals surface area contributed by atoms with Gasteiger partial charge in [-0.3, -0.25) is 4.90 Å². The van der Waals surface area contributed by atoms with E-state index in [0.717, 1.165) is 77.3 Å². The lowest BCUT2D eigenvalue weighted by Gasteiger charge is -2.55. The van der Waals surface area contributed by atoms with Crippen molar-refractivity contribution in [3.63, 3.8) is 0 Å². The van der Waals surface area contributed by atoms with Crippen molar-refractivity contribution in [2.75, 3.05) is 0 Å². The Kier molecular flexibility index (Phi) is 7.89. The minimum Gasteiger partial charge on any atom is -0.294 e. The lowest BCUT2D eigenvalue weighted by atomic mass is 9.54. The Balaban J connectivity index is 1.06. The van der Waals surface area contributed by atoms with Gasteiger partial charge in [-0.05, 0) is 173 Å². The SMILES string of the molecule is CC1CCC(N(C2CCC(C)CC2)C2CCC3C4C(CCCC42)C2C(C#N)C4C5CCCC6CCCC(C65)C4C(C#N)C32)CC1. The first kappa shape index (κ1) is 30.0.